The van der Waals surface area contributed by atoms with Gasteiger partial charge in [0.1, 0.15) is 23.2 Å². The number of halogens is 3. The fraction of sp³-hybridized carbons (Fsp3) is 0. The van der Waals surface area contributed by atoms with Crippen LogP contribution in [0.2, 0.25) is 0 Å². The van der Waals surface area contributed by atoms with E-state index in [1.54, 1.807) is 0 Å². The van der Waals surface area contributed by atoms with Crippen LogP contribution in [0.25, 0.3) is 11.1 Å². The minimum atomic E-state index is -0.794. The molecule has 0 atom stereocenters. The van der Waals surface area contributed by atoms with Crippen LogP contribution in [0.5, 0.6) is 5.75 Å². The molecular formula is C13H7F3O2. The van der Waals surface area contributed by atoms with Crippen molar-refractivity contribution in [1.29, 1.82) is 0 Å². The lowest BCUT2D eigenvalue weighted by Gasteiger charge is -2.05. The molecular weight excluding hydrogens is 245 g/mol. The Morgan fingerprint density at radius 2 is 1.61 bits per heavy atom. The van der Waals surface area contributed by atoms with E-state index in [1.165, 1.54) is 12.1 Å². The number of rotatable bonds is 3. The van der Waals surface area contributed by atoms with Crippen LogP contribution >= 0.6 is 0 Å². The maximum absolute atomic E-state index is 13.7. The highest BCUT2D eigenvalue weighted by Crippen LogP contribution is 2.27. The monoisotopic (exact) mass is 252 g/mol. The fourth-order valence-electron chi connectivity index (χ4n) is 1.57. The van der Waals surface area contributed by atoms with Crippen LogP contribution in [0.1, 0.15) is 0 Å². The van der Waals surface area contributed by atoms with Crippen molar-refractivity contribution in [3.63, 3.8) is 0 Å². The van der Waals surface area contributed by atoms with Crippen LogP contribution in [0.4, 0.5) is 13.2 Å². The van der Waals surface area contributed by atoms with Crippen molar-refractivity contribution < 1.29 is 22.7 Å². The Hall–Kier alpha value is -2.30. The van der Waals surface area contributed by atoms with Gasteiger partial charge in [0.15, 0.2) is 0 Å². The second kappa shape index (κ2) is 4.91. The third-order valence-electron chi connectivity index (χ3n) is 2.30. The van der Waals surface area contributed by atoms with Crippen LogP contribution in [-0.4, -0.2) is 6.47 Å². The third-order valence-corrected chi connectivity index (χ3v) is 2.30. The molecule has 2 aromatic rings. The first-order valence-corrected chi connectivity index (χ1v) is 4.96. The maximum Gasteiger partial charge on any atom is 0.298 e. The van der Waals surface area contributed by atoms with Gasteiger partial charge in [0.05, 0.1) is 0 Å². The predicted octanol–water partition coefficient (Wildman–Crippen LogP) is 3.31. The number of ether oxygens (including phenoxy) is 1. The zero-order valence-corrected chi connectivity index (χ0v) is 8.99. The molecule has 2 nitrogen and oxygen atoms in total. The second-order valence-corrected chi connectivity index (χ2v) is 3.51. The SMILES string of the molecule is O=COc1ccc(-c2cc(F)cc(F)c2)c(F)c1. The molecule has 18 heavy (non-hydrogen) atoms. The summed E-state index contributed by atoms with van der Waals surface area (Å²) < 4.78 is 44.2. The Labute approximate surface area is 101 Å². The van der Waals surface area contributed by atoms with Gasteiger partial charge in [-0.1, -0.05) is 0 Å². The molecule has 0 heterocycles. The molecule has 0 saturated heterocycles. The largest absolute Gasteiger partial charge is 0.429 e. The molecule has 0 aromatic heterocycles. The standard InChI is InChI=1S/C13H7F3O2/c14-9-3-8(4-10(15)5-9)12-2-1-11(18-7-17)6-13(12)16/h1-7H. The van der Waals surface area contributed by atoms with Gasteiger partial charge < -0.3 is 4.74 Å². The summed E-state index contributed by atoms with van der Waals surface area (Å²) in [4.78, 5) is 10.1. The van der Waals surface area contributed by atoms with E-state index < -0.39 is 17.5 Å². The van der Waals surface area contributed by atoms with Gasteiger partial charge in [-0.05, 0) is 29.8 Å². The Bertz CT molecular complexity index is 577. The molecule has 0 amide bonds. The molecule has 0 radical (unpaired) electrons. The first-order valence-electron chi connectivity index (χ1n) is 4.96. The van der Waals surface area contributed by atoms with Gasteiger partial charge >= 0.3 is 0 Å². The van der Waals surface area contributed by atoms with E-state index >= 15 is 0 Å². The number of carbonyl (C=O) groups excluding carboxylic acids is 1. The van der Waals surface area contributed by atoms with E-state index in [2.05, 4.69) is 4.74 Å². The van der Waals surface area contributed by atoms with Gasteiger partial charge in [-0.3, -0.25) is 4.79 Å². The van der Waals surface area contributed by atoms with Crippen molar-refractivity contribution in [2.45, 2.75) is 0 Å². The highest BCUT2D eigenvalue weighted by Gasteiger charge is 2.09. The minimum absolute atomic E-state index is 0.0168. The zero-order chi connectivity index (χ0) is 13.1. The molecule has 0 aliphatic heterocycles. The van der Waals surface area contributed by atoms with Gasteiger partial charge in [-0.2, -0.15) is 0 Å². The molecule has 0 aliphatic rings. The minimum Gasteiger partial charge on any atom is -0.429 e. The zero-order valence-electron chi connectivity index (χ0n) is 8.99. The van der Waals surface area contributed by atoms with E-state index in [1.807, 2.05) is 0 Å². The summed E-state index contributed by atoms with van der Waals surface area (Å²) in [6, 6.07) is 6.30. The topological polar surface area (TPSA) is 26.3 Å². The van der Waals surface area contributed by atoms with Crippen LogP contribution in [0, 0.1) is 17.5 Å². The van der Waals surface area contributed by atoms with Gasteiger partial charge in [0, 0.05) is 17.7 Å². The van der Waals surface area contributed by atoms with E-state index in [0.29, 0.717) is 6.07 Å². The molecule has 0 bridgehead atoms. The van der Waals surface area contributed by atoms with E-state index in [0.717, 1.165) is 18.2 Å². The summed E-state index contributed by atoms with van der Waals surface area (Å²) in [5.74, 6) is -2.31. The van der Waals surface area contributed by atoms with Crippen molar-refractivity contribution >= 4 is 6.47 Å². The number of hydrogen-bond acceptors (Lipinski definition) is 2. The normalized spacial score (nSPS) is 10.2. The van der Waals surface area contributed by atoms with Crippen molar-refractivity contribution in [3.8, 4) is 16.9 Å². The smallest absolute Gasteiger partial charge is 0.298 e. The van der Waals surface area contributed by atoms with Gasteiger partial charge in [0.25, 0.3) is 6.47 Å². The summed E-state index contributed by atoms with van der Waals surface area (Å²) in [6.45, 7) is 0.163. The molecule has 5 heteroatoms. The quantitative estimate of drug-likeness (QED) is 0.783. The lowest BCUT2D eigenvalue weighted by Crippen LogP contribution is -1.92. The van der Waals surface area contributed by atoms with Crippen LogP contribution in [0.15, 0.2) is 36.4 Å². The maximum atomic E-state index is 13.7. The molecule has 0 spiro atoms. The van der Waals surface area contributed by atoms with Crippen LogP contribution in [-0.2, 0) is 4.79 Å². The lowest BCUT2D eigenvalue weighted by molar-refractivity contribution is -0.120. The summed E-state index contributed by atoms with van der Waals surface area (Å²) in [5, 5.41) is 0. The Kier molecular flexibility index (Phi) is 3.32. The third kappa shape index (κ3) is 2.51. The van der Waals surface area contributed by atoms with Gasteiger partial charge in [0.2, 0.25) is 0 Å². The van der Waals surface area contributed by atoms with Crippen molar-refractivity contribution in [3.05, 3.63) is 53.8 Å². The molecule has 0 aliphatic carbocycles. The molecule has 0 N–H and O–H groups in total. The van der Waals surface area contributed by atoms with Crippen molar-refractivity contribution in [2.75, 3.05) is 0 Å². The Morgan fingerprint density at radius 1 is 0.944 bits per heavy atom. The number of benzene rings is 2. The summed E-state index contributed by atoms with van der Waals surface area (Å²) >= 11 is 0. The summed E-state index contributed by atoms with van der Waals surface area (Å²) in [7, 11) is 0. The highest BCUT2D eigenvalue weighted by atomic mass is 19.1. The number of hydrogen-bond donors (Lipinski definition) is 0. The second-order valence-electron chi connectivity index (χ2n) is 3.51. The summed E-state index contributed by atoms with van der Waals surface area (Å²) in [5.41, 5.74) is 0.0919. The Balaban J connectivity index is 2.47. The fourth-order valence-corrected chi connectivity index (χ4v) is 1.57. The van der Waals surface area contributed by atoms with Crippen molar-refractivity contribution in [1.82, 2.24) is 0 Å². The first kappa shape index (κ1) is 12.2. The highest BCUT2D eigenvalue weighted by molar-refractivity contribution is 5.65. The summed E-state index contributed by atoms with van der Waals surface area (Å²) in [6.07, 6.45) is 0. The predicted molar refractivity (Wildman–Crippen MR) is 58.4 cm³/mol. The van der Waals surface area contributed by atoms with Gasteiger partial charge in [-0.25, -0.2) is 13.2 Å². The van der Waals surface area contributed by atoms with E-state index in [-0.39, 0.29) is 23.3 Å². The number of carbonyl (C=O) groups is 1. The molecule has 2 rings (SSSR count). The molecule has 2 aromatic carbocycles. The van der Waals surface area contributed by atoms with Crippen molar-refractivity contribution in [2.24, 2.45) is 0 Å². The first-order chi connectivity index (χ1) is 8.60. The van der Waals surface area contributed by atoms with E-state index in [9.17, 15) is 18.0 Å². The lowest BCUT2D eigenvalue weighted by atomic mass is 10.0. The van der Waals surface area contributed by atoms with Crippen LogP contribution < -0.4 is 4.74 Å². The van der Waals surface area contributed by atoms with Crippen LogP contribution in [0.3, 0.4) is 0 Å². The Morgan fingerprint density at radius 3 is 2.17 bits per heavy atom. The molecule has 0 unspecified atom stereocenters. The van der Waals surface area contributed by atoms with E-state index in [4.69, 9.17) is 0 Å². The van der Waals surface area contributed by atoms with Gasteiger partial charge in [-0.15, -0.1) is 0 Å². The molecule has 92 valence electrons. The average Bonchev–Trinajstić information content (AvgIpc) is 2.28. The average molecular weight is 252 g/mol. The molecule has 0 saturated carbocycles. The molecule has 0 fully saturated rings.